The van der Waals surface area contributed by atoms with E-state index >= 15 is 0 Å². The first-order valence-corrected chi connectivity index (χ1v) is 12.9. The van der Waals surface area contributed by atoms with Crippen molar-refractivity contribution in [3.05, 3.63) is 77.3 Å². The lowest BCUT2D eigenvalue weighted by atomic mass is 9.99. The molecule has 6 heterocycles. The molecule has 0 saturated carbocycles. The number of imidazole rings is 1. The third-order valence-corrected chi connectivity index (χ3v) is 7.34. The highest BCUT2D eigenvalue weighted by molar-refractivity contribution is 6.06. The molecule has 2 N–H and O–H groups in total. The van der Waals surface area contributed by atoms with Crippen molar-refractivity contribution in [1.82, 2.24) is 24.6 Å². The number of nitrogens with zero attached hydrogens (tertiary/aromatic N) is 4. The molecule has 5 aromatic rings. The number of furan rings is 1. The summed E-state index contributed by atoms with van der Waals surface area (Å²) in [5.41, 5.74) is 8.85. The minimum Gasteiger partial charge on any atom is -0.463 e. The highest BCUT2D eigenvalue weighted by atomic mass is 16.5. The third-order valence-electron chi connectivity index (χ3n) is 7.34. The molecule has 1 atom stereocenters. The van der Waals surface area contributed by atoms with Gasteiger partial charge in [-0.3, -0.25) is 9.20 Å². The Kier molecular flexibility index (Phi) is 5.41. The topological polar surface area (TPSA) is 96.9 Å². The van der Waals surface area contributed by atoms with Gasteiger partial charge in [-0.15, -0.1) is 0 Å². The van der Waals surface area contributed by atoms with E-state index in [4.69, 9.17) is 14.1 Å². The largest absolute Gasteiger partial charge is 0.463 e. The van der Waals surface area contributed by atoms with E-state index in [9.17, 15) is 4.79 Å². The summed E-state index contributed by atoms with van der Waals surface area (Å²) in [6.45, 7) is 1.95. The second kappa shape index (κ2) is 8.97. The number of ether oxygens (including phenoxy) is 1. The van der Waals surface area contributed by atoms with Crippen molar-refractivity contribution in [1.29, 1.82) is 0 Å². The lowest BCUT2D eigenvalue weighted by Gasteiger charge is -2.19. The fourth-order valence-electron chi connectivity index (χ4n) is 5.65. The lowest BCUT2D eigenvalue weighted by molar-refractivity contribution is 0.0966. The van der Waals surface area contributed by atoms with E-state index in [1.165, 1.54) is 0 Å². The van der Waals surface area contributed by atoms with Crippen LogP contribution in [0.4, 0.5) is 11.5 Å². The Morgan fingerprint density at radius 2 is 2.08 bits per heavy atom. The average Bonchev–Trinajstić information content (AvgIpc) is 3.70. The van der Waals surface area contributed by atoms with Gasteiger partial charge in [-0.1, -0.05) is 12.1 Å². The number of carbonyl (C=O) groups is 1. The molecule has 1 amide bonds. The van der Waals surface area contributed by atoms with Crippen LogP contribution in [0.5, 0.6) is 0 Å². The number of benzene rings is 1. The zero-order valence-corrected chi connectivity index (χ0v) is 21.3. The molecule has 0 radical (unpaired) electrons. The summed E-state index contributed by atoms with van der Waals surface area (Å²) < 4.78 is 13.6. The van der Waals surface area contributed by atoms with Gasteiger partial charge in [0.2, 0.25) is 0 Å². The van der Waals surface area contributed by atoms with Gasteiger partial charge in [0.15, 0.2) is 5.58 Å². The predicted molar refractivity (Wildman–Crippen MR) is 144 cm³/mol. The van der Waals surface area contributed by atoms with Crippen LogP contribution < -0.4 is 10.6 Å². The maximum Gasteiger partial charge on any atom is 0.254 e. The number of amides is 1. The summed E-state index contributed by atoms with van der Waals surface area (Å²) in [7, 11) is 4.07. The van der Waals surface area contributed by atoms with Gasteiger partial charge in [-0.2, -0.15) is 0 Å². The molecule has 38 heavy (non-hydrogen) atoms. The van der Waals surface area contributed by atoms with E-state index < -0.39 is 0 Å². The molecular weight excluding hydrogens is 480 g/mol. The molecule has 2 aliphatic heterocycles. The normalized spacial score (nSPS) is 17.0. The molecule has 1 saturated heterocycles. The van der Waals surface area contributed by atoms with E-state index in [1.807, 2.05) is 56.7 Å². The van der Waals surface area contributed by atoms with Crippen LogP contribution in [0.15, 0.2) is 59.3 Å². The Morgan fingerprint density at radius 3 is 2.92 bits per heavy atom. The van der Waals surface area contributed by atoms with Crippen molar-refractivity contribution in [2.75, 3.05) is 26.0 Å². The first-order chi connectivity index (χ1) is 18.6. The van der Waals surface area contributed by atoms with Crippen LogP contribution >= 0.6 is 0 Å². The Hall–Kier alpha value is -4.21. The smallest absolute Gasteiger partial charge is 0.254 e. The SMILES string of the molecule is CN(C)Cc1nc(Nc2ccc(-c3cnc4ccc5occc5n34)c3c2C(=O)NC3)ccc1[C@@H]1CCCO1. The number of hydrogen-bond donors (Lipinski definition) is 2. The molecule has 4 aromatic heterocycles. The fourth-order valence-corrected chi connectivity index (χ4v) is 5.65. The van der Waals surface area contributed by atoms with Crippen LogP contribution in [0.25, 0.3) is 28.0 Å². The monoisotopic (exact) mass is 508 g/mol. The minimum absolute atomic E-state index is 0.0907. The molecule has 1 fully saturated rings. The summed E-state index contributed by atoms with van der Waals surface area (Å²) in [5.74, 6) is 0.601. The van der Waals surface area contributed by atoms with Crippen LogP contribution in [0.3, 0.4) is 0 Å². The van der Waals surface area contributed by atoms with Crippen LogP contribution in [0.1, 0.15) is 46.1 Å². The summed E-state index contributed by atoms with van der Waals surface area (Å²) >= 11 is 0. The molecule has 0 aliphatic carbocycles. The maximum absolute atomic E-state index is 13.0. The van der Waals surface area contributed by atoms with Crippen molar-refractivity contribution >= 4 is 34.2 Å². The Morgan fingerprint density at radius 1 is 1.16 bits per heavy atom. The number of anilines is 2. The number of fused-ring (bicyclic) bond motifs is 4. The summed E-state index contributed by atoms with van der Waals surface area (Å²) in [4.78, 5) is 24.7. The van der Waals surface area contributed by atoms with Crippen molar-refractivity contribution in [2.24, 2.45) is 0 Å². The summed E-state index contributed by atoms with van der Waals surface area (Å²) in [6.07, 6.45) is 5.70. The van der Waals surface area contributed by atoms with Gasteiger partial charge >= 0.3 is 0 Å². The van der Waals surface area contributed by atoms with Crippen molar-refractivity contribution in [3.63, 3.8) is 0 Å². The van der Waals surface area contributed by atoms with E-state index in [0.29, 0.717) is 24.5 Å². The van der Waals surface area contributed by atoms with Crippen molar-refractivity contribution in [3.8, 4) is 11.3 Å². The highest BCUT2D eigenvalue weighted by Gasteiger charge is 2.28. The zero-order valence-electron chi connectivity index (χ0n) is 21.3. The van der Waals surface area contributed by atoms with Gasteiger partial charge in [-0.25, -0.2) is 9.97 Å². The number of aromatic nitrogens is 3. The second-order valence-corrected chi connectivity index (χ2v) is 10.1. The first-order valence-electron chi connectivity index (χ1n) is 12.9. The average molecular weight is 509 g/mol. The van der Waals surface area contributed by atoms with E-state index in [1.54, 1.807) is 6.26 Å². The fraction of sp³-hybridized carbons (Fsp3) is 0.276. The molecule has 192 valence electrons. The highest BCUT2D eigenvalue weighted by Crippen LogP contribution is 2.37. The third kappa shape index (κ3) is 3.74. The van der Waals surface area contributed by atoms with E-state index in [0.717, 1.165) is 70.0 Å². The van der Waals surface area contributed by atoms with Crippen molar-refractivity contribution in [2.45, 2.75) is 32.0 Å². The Bertz CT molecular complexity index is 1700. The van der Waals surface area contributed by atoms with Gasteiger partial charge in [0, 0.05) is 36.9 Å². The van der Waals surface area contributed by atoms with Gasteiger partial charge in [0.25, 0.3) is 5.91 Å². The van der Waals surface area contributed by atoms with Crippen LogP contribution in [0, 0.1) is 0 Å². The van der Waals surface area contributed by atoms with Gasteiger partial charge < -0.3 is 24.7 Å². The number of hydrogen-bond acceptors (Lipinski definition) is 7. The van der Waals surface area contributed by atoms with Gasteiger partial charge in [0.05, 0.1) is 46.7 Å². The Balaban J connectivity index is 1.29. The van der Waals surface area contributed by atoms with Crippen LogP contribution in [0.2, 0.25) is 0 Å². The van der Waals surface area contributed by atoms with Gasteiger partial charge in [-0.05, 0) is 56.8 Å². The molecule has 7 rings (SSSR count). The van der Waals surface area contributed by atoms with Crippen LogP contribution in [-0.2, 0) is 17.8 Å². The van der Waals surface area contributed by atoms with E-state index in [2.05, 4.69) is 31.0 Å². The molecule has 0 spiro atoms. The minimum atomic E-state index is -0.101. The molecule has 2 aliphatic rings. The first kappa shape index (κ1) is 22.9. The number of carbonyl (C=O) groups excluding carboxylic acids is 1. The quantitative estimate of drug-likeness (QED) is 0.332. The molecule has 0 unspecified atom stereocenters. The summed E-state index contributed by atoms with van der Waals surface area (Å²) in [5, 5.41) is 6.44. The summed E-state index contributed by atoms with van der Waals surface area (Å²) in [6, 6.07) is 13.9. The number of pyridine rings is 2. The van der Waals surface area contributed by atoms with Gasteiger partial charge in [0.1, 0.15) is 11.5 Å². The van der Waals surface area contributed by atoms with Crippen LogP contribution in [-0.4, -0.2) is 45.9 Å². The number of rotatable bonds is 6. The number of nitrogens with one attached hydrogen (secondary N) is 2. The zero-order chi connectivity index (χ0) is 25.8. The Labute approximate surface area is 219 Å². The second-order valence-electron chi connectivity index (χ2n) is 10.1. The predicted octanol–water partition coefficient (Wildman–Crippen LogP) is 5.04. The molecule has 9 nitrogen and oxygen atoms in total. The maximum atomic E-state index is 13.0. The van der Waals surface area contributed by atoms with Crippen molar-refractivity contribution < 1.29 is 13.9 Å². The molecular formula is C29H28N6O3. The molecule has 0 bridgehead atoms. The standard InChI is InChI=1S/C29H28N6O3/c1-34(2)16-21-18(24-4-3-12-37-24)6-9-26(33-21)32-20-7-5-17(19-14-31-29(36)28(19)20)23-15-30-27-10-8-25-22(35(23)27)11-13-38-25/h5-11,13,15,24H,3-4,12,14,16H2,1-2H3,(H,31,36)(H,32,33)/t24-/m0/s1. The lowest BCUT2D eigenvalue weighted by Crippen LogP contribution is -2.16. The molecule has 1 aromatic carbocycles. The molecule has 9 heteroatoms. The van der Waals surface area contributed by atoms with E-state index in [-0.39, 0.29) is 12.0 Å².